The molecular weight excluding hydrogens is 283 g/mol. The minimum Gasteiger partial charge on any atom is -0.457 e. The van der Waals surface area contributed by atoms with E-state index in [4.69, 9.17) is 33.7 Å². The molecule has 0 atom stereocenters. The molecule has 2 N–H and O–H groups in total. The van der Waals surface area contributed by atoms with Crippen molar-refractivity contribution in [1.29, 1.82) is 0 Å². The first-order chi connectivity index (χ1) is 9.17. The standard InChI is InChI=1S/C14H12Cl2N2O/c15-9-14(17)18-11-4-6-12(7-5-11)19-13-3-1-2-10(16)8-13/h1-8H,9H2,(H2,17,18). The van der Waals surface area contributed by atoms with E-state index < -0.39 is 0 Å². The van der Waals surface area contributed by atoms with Gasteiger partial charge in [-0.05, 0) is 42.5 Å². The van der Waals surface area contributed by atoms with E-state index >= 15 is 0 Å². The predicted octanol–water partition coefficient (Wildman–Crippen LogP) is 4.36. The molecule has 0 aliphatic carbocycles. The highest BCUT2D eigenvalue weighted by atomic mass is 35.5. The van der Waals surface area contributed by atoms with Gasteiger partial charge in [0.15, 0.2) is 0 Å². The SMILES string of the molecule is NC(CCl)=Nc1ccc(Oc2cccc(Cl)c2)cc1. The number of aliphatic imine (C=N–C) groups is 1. The van der Waals surface area contributed by atoms with Crippen LogP contribution in [0.1, 0.15) is 0 Å². The van der Waals surface area contributed by atoms with Crippen LogP contribution in [0, 0.1) is 0 Å². The molecule has 2 rings (SSSR count). The highest BCUT2D eigenvalue weighted by Crippen LogP contribution is 2.25. The van der Waals surface area contributed by atoms with Gasteiger partial charge in [0.2, 0.25) is 0 Å². The predicted molar refractivity (Wildman–Crippen MR) is 80.0 cm³/mol. The van der Waals surface area contributed by atoms with Gasteiger partial charge in [-0.1, -0.05) is 17.7 Å². The average Bonchev–Trinajstić information content (AvgIpc) is 2.41. The lowest BCUT2D eigenvalue weighted by Crippen LogP contribution is -2.12. The quantitative estimate of drug-likeness (QED) is 0.517. The van der Waals surface area contributed by atoms with E-state index in [9.17, 15) is 0 Å². The van der Waals surface area contributed by atoms with Crippen molar-refractivity contribution in [2.75, 3.05) is 5.88 Å². The molecule has 2 aromatic rings. The molecule has 2 aromatic carbocycles. The highest BCUT2D eigenvalue weighted by Gasteiger charge is 1.99. The lowest BCUT2D eigenvalue weighted by molar-refractivity contribution is 0.483. The molecule has 3 nitrogen and oxygen atoms in total. The van der Waals surface area contributed by atoms with E-state index in [1.165, 1.54) is 0 Å². The van der Waals surface area contributed by atoms with Gasteiger partial charge in [-0.3, -0.25) is 0 Å². The fraction of sp³-hybridized carbons (Fsp3) is 0.0714. The van der Waals surface area contributed by atoms with Gasteiger partial charge < -0.3 is 10.5 Å². The second-order valence-corrected chi connectivity index (χ2v) is 4.49. The van der Waals surface area contributed by atoms with Gasteiger partial charge in [0.25, 0.3) is 0 Å². The molecule has 0 spiro atoms. The summed E-state index contributed by atoms with van der Waals surface area (Å²) in [4.78, 5) is 4.13. The van der Waals surface area contributed by atoms with E-state index in [0.717, 1.165) is 5.69 Å². The van der Waals surface area contributed by atoms with Crippen molar-refractivity contribution in [2.24, 2.45) is 10.7 Å². The third-order valence-corrected chi connectivity index (χ3v) is 2.79. The number of alkyl halides is 1. The maximum absolute atomic E-state index is 5.89. The van der Waals surface area contributed by atoms with Crippen molar-refractivity contribution in [2.45, 2.75) is 0 Å². The third kappa shape index (κ3) is 4.16. The first-order valence-corrected chi connectivity index (χ1v) is 6.51. The summed E-state index contributed by atoms with van der Waals surface area (Å²) >= 11 is 11.4. The molecule has 0 saturated heterocycles. The molecule has 0 radical (unpaired) electrons. The zero-order valence-electron chi connectivity index (χ0n) is 10.0. The van der Waals surface area contributed by atoms with E-state index in [0.29, 0.717) is 22.4 Å². The summed E-state index contributed by atoms with van der Waals surface area (Å²) < 4.78 is 5.66. The van der Waals surface area contributed by atoms with Crippen LogP contribution in [0.15, 0.2) is 53.5 Å². The molecule has 0 amide bonds. The molecule has 98 valence electrons. The summed E-state index contributed by atoms with van der Waals surface area (Å²) in [6.07, 6.45) is 0. The van der Waals surface area contributed by atoms with Crippen LogP contribution in [0.5, 0.6) is 11.5 Å². The third-order valence-electron chi connectivity index (χ3n) is 2.28. The van der Waals surface area contributed by atoms with Crippen LogP contribution in [-0.2, 0) is 0 Å². The molecule has 0 aromatic heterocycles. The van der Waals surface area contributed by atoms with Crippen molar-refractivity contribution in [3.05, 3.63) is 53.6 Å². The van der Waals surface area contributed by atoms with Crippen molar-refractivity contribution in [3.8, 4) is 11.5 Å². The minimum absolute atomic E-state index is 0.209. The van der Waals surface area contributed by atoms with Crippen molar-refractivity contribution < 1.29 is 4.74 Å². The number of benzene rings is 2. The molecular formula is C14H12Cl2N2O. The number of hydrogen-bond donors (Lipinski definition) is 1. The van der Waals surface area contributed by atoms with Gasteiger partial charge in [0, 0.05) is 5.02 Å². The van der Waals surface area contributed by atoms with E-state index in [1.54, 1.807) is 36.4 Å². The Bertz CT molecular complexity index is 582. The first-order valence-electron chi connectivity index (χ1n) is 5.60. The maximum atomic E-state index is 5.89. The fourth-order valence-electron chi connectivity index (χ4n) is 1.45. The van der Waals surface area contributed by atoms with Crippen LogP contribution in [0.4, 0.5) is 5.69 Å². The number of rotatable bonds is 4. The Kier molecular flexibility index (Phi) is 4.66. The van der Waals surface area contributed by atoms with Crippen molar-refractivity contribution in [1.82, 2.24) is 0 Å². The number of hydrogen-bond acceptors (Lipinski definition) is 2. The summed E-state index contributed by atoms with van der Waals surface area (Å²) in [5, 5.41) is 0.633. The Balaban J connectivity index is 2.11. The fourth-order valence-corrected chi connectivity index (χ4v) is 1.69. The highest BCUT2D eigenvalue weighted by molar-refractivity contribution is 6.30. The smallest absolute Gasteiger partial charge is 0.128 e. The summed E-state index contributed by atoms with van der Waals surface area (Å²) in [6.45, 7) is 0. The topological polar surface area (TPSA) is 47.6 Å². The number of amidine groups is 1. The van der Waals surface area contributed by atoms with Gasteiger partial charge in [-0.25, -0.2) is 4.99 Å². The number of nitrogens with two attached hydrogens (primary N) is 1. The van der Waals surface area contributed by atoms with Crippen molar-refractivity contribution in [3.63, 3.8) is 0 Å². The molecule has 19 heavy (non-hydrogen) atoms. The van der Waals surface area contributed by atoms with Gasteiger partial charge in [-0.2, -0.15) is 0 Å². The van der Waals surface area contributed by atoms with Gasteiger partial charge in [0.05, 0.1) is 11.6 Å². The normalized spacial score (nSPS) is 11.4. The Morgan fingerprint density at radius 1 is 1.11 bits per heavy atom. The van der Waals surface area contributed by atoms with Crippen LogP contribution in [0.3, 0.4) is 0 Å². The van der Waals surface area contributed by atoms with E-state index in [2.05, 4.69) is 4.99 Å². The molecule has 5 heteroatoms. The lowest BCUT2D eigenvalue weighted by Gasteiger charge is -2.06. The Labute approximate surface area is 121 Å². The Morgan fingerprint density at radius 3 is 2.47 bits per heavy atom. The molecule has 0 heterocycles. The Morgan fingerprint density at radius 2 is 1.84 bits per heavy atom. The summed E-state index contributed by atoms with van der Waals surface area (Å²) in [5.74, 6) is 1.97. The average molecular weight is 295 g/mol. The molecule has 0 bridgehead atoms. The van der Waals surface area contributed by atoms with Crippen LogP contribution in [-0.4, -0.2) is 11.7 Å². The minimum atomic E-state index is 0.209. The Hall–Kier alpha value is -1.71. The van der Waals surface area contributed by atoms with Gasteiger partial charge in [0.1, 0.15) is 17.3 Å². The van der Waals surface area contributed by atoms with Crippen LogP contribution in [0.2, 0.25) is 5.02 Å². The first kappa shape index (κ1) is 13.7. The van der Waals surface area contributed by atoms with Crippen LogP contribution < -0.4 is 10.5 Å². The zero-order valence-corrected chi connectivity index (χ0v) is 11.5. The number of nitrogens with zero attached hydrogens (tertiary/aromatic N) is 1. The van der Waals surface area contributed by atoms with E-state index in [1.807, 2.05) is 12.1 Å². The van der Waals surface area contributed by atoms with Gasteiger partial charge in [-0.15, -0.1) is 11.6 Å². The van der Waals surface area contributed by atoms with Crippen LogP contribution >= 0.6 is 23.2 Å². The largest absolute Gasteiger partial charge is 0.457 e. The van der Waals surface area contributed by atoms with Gasteiger partial charge >= 0.3 is 0 Å². The van der Waals surface area contributed by atoms with Crippen LogP contribution in [0.25, 0.3) is 0 Å². The molecule has 0 saturated carbocycles. The molecule has 0 fully saturated rings. The second kappa shape index (κ2) is 6.45. The summed E-state index contributed by atoms with van der Waals surface area (Å²) in [6, 6.07) is 14.4. The molecule has 0 aliphatic rings. The van der Waals surface area contributed by atoms with Crippen molar-refractivity contribution >= 4 is 34.7 Å². The summed E-state index contributed by atoms with van der Waals surface area (Å²) in [7, 11) is 0. The maximum Gasteiger partial charge on any atom is 0.128 e. The molecule has 0 unspecified atom stereocenters. The lowest BCUT2D eigenvalue weighted by atomic mass is 10.3. The summed E-state index contributed by atoms with van der Waals surface area (Å²) in [5.41, 5.74) is 6.29. The number of halogens is 2. The zero-order chi connectivity index (χ0) is 13.7. The van der Waals surface area contributed by atoms with E-state index in [-0.39, 0.29) is 5.88 Å². The number of ether oxygens (including phenoxy) is 1. The second-order valence-electron chi connectivity index (χ2n) is 3.79. The monoisotopic (exact) mass is 294 g/mol. The molecule has 0 aliphatic heterocycles.